The number of rotatable bonds is 7. The van der Waals surface area contributed by atoms with Crippen molar-refractivity contribution in [1.82, 2.24) is 20.2 Å². The number of benzene rings is 2. The number of nitrogens with one attached hydrogen (secondary N) is 1. The van der Waals surface area contributed by atoms with Crippen molar-refractivity contribution in [3.63, 3.8) is 0 Å². The van der Waals surface area contributed by atoms with Gasteiger partial charge < -0.3 is 10.1 Å². The van der Waals surface area contributed by atoms with E-state index in [1.54, 1.807) is 6.07 Å². The second kappa shape index (κ2) is 9.98. The summed E-state index contributed by atoms with van der Waals surface area (Å²) in [6.45, 7) is 3.29. The van der Waals surface area contributed by atoms with E-state index < -0.39 is 0 Å². The summed E-state index contributed by atoms with van der Waals surface area (Å²) in [6.07, 6.45) is 3.24. The molecule has 3 aromatic rings. The predicted octanol–water partition coefficient (Wildman–Crippen LogP) is 3.45. The lowest BCUT2D eigenvalue weighted by Crippen LogP contribution is -2.44. The van der Waals surface area contributed by atoms with Gasteiger partial charge in [-0.1, -0.05) is 60.7 Å². The molecule has 2 aromatic carbocycles. The zero-order valence-corrected chi connectivity index (χ0v) is 16.9. The smallest absolute Gasteiger partial charge is 0.270 e. The van der Waals surface area contributed by atoms with Gasteiger partial charge in [-0.15, -0.1) is 0 Å². The van der Waals surface area contributed by atoms with Crippen molar-refractivity contribution in [2.75, 3.05) is 13.1 Å². The molecule has 4 rings (SSSR count). The van der Waals surface area contributed by atoms with Gasteiger partial charge in [0.1, 0.15) is 18.6 Å². The highest BCUT2D eigenvalue weighted by atomic mass is 16.5. The van der Waals surface area contributed by atoms with E-state index in [0.717, 1.165) is 38.0 Å². The molecule has 0 spiro atoms. The quantitative estimate of drug-likeness (QED) is 0.656. The lowest BCUT2D eigenvalue weighted by Gasteiger charge is -2.32. The molecule has 1 aliphatic heterocycles. The first-order chi connectivity index (χ1) is 14.8. The van der Waals surface area contributed by atoms with Gasteiger partial charge in [-0.2, -0.15) is 0 Å². The third-order valence-corrected chi connectivity index (χ3v) is 5.28. The van der Waals surface area contributed by atoms with Gasteiger partial charge in [0.05, 0.1) is 0 Å². The molecule has 1 saturated heterocycles. The number of nitrogens with zero attached hydrogens (tertiary/aromatic N) is 3. The average Bonchev–Trinajstić information content (AvgIpc) is 2.80. The minimum Gasteiger partial charge on any atom is -0.473 e. The predicted molar refractivity (Wildman–Crippen MR) is 115 cm³/mol. The first-order valence-electron chi connectivity index (χ1n) is 10.3. The molecule has 1 aromatic heterocycles. The van der Waals surface area contributed by atoms with Gasteiger partial charge in [0.25, 0.3) is 5.91 Å². The first-order valence-corrected chi connectivity index (χ1v) is 10.3. The van der Waals surface area contributed by atoms with Crippen LogP contribution in [0.2, 0.25) is 0 Å². The van der Waals surface area contributed by atoms with Crippen molar-refractivity contribution in [2.45, 2.75) is 32.0 Å². The van der Waals surface area contributed by atoms with E-state index in [2.05, 4.69) is 44.5 Å². The summed E-state index contributed by atoms with van der Waals surface area (Å²) in [5, 5.41) is 3.11. The van der Waals surface area contributed by atoms with E-state index in [1.165, 1.54) is 11.9 Å². The molecule has 1 N–H and O–H groups in total. The van der Waals surface area contributed by atoms with Crippen LogP contribution < -0.4 is 10.1 Å². The summed E-state index contributed by atoms with van der Waals surface area (Å²) >= 11 is 0. The van der Waals surface area contributed by atoms with Gasteiger partial charge in [-0.25, -0.2) is 9.97 Å². The molecule has 6 nitrogen and oxygen atoms in total. The number of amides is 1. The summed E-state index contributed by atoms with van der Waals surface area (Å²) in [5.74, 6) is 0.222. The normalized spacial score (nSPS) is 14.9. The Bertz CT molecular complexity index is 942. The van der Waals surface area contributed by atoms with Crippen molar-refractivity contribution in [2.24, 2.45) is 0 Å². The largest absolute Gasteiger partial charge is 0.473 e. The summed E-state index contributed by atoms with van der Waals surface area (Å²) in [4.78, 5) is 23.3. The summed E-state index contributed by atoms with van der Waals surface area (Å²) in [7, 11) is 0. The van der Waals surface area contributed by atoms with Crippen molar-refractivity contribution in [3.8, 4) is 5.88 Å². The summed E-state index contributed by atoms with van der Waals surface area (Å²) < 4.78 is 5.71. The molecule has 1 amide bonds. The molecule has 2 heterocycles. The lowest BCUT2D eigenvalue weighted by molar-refractivity contribution is 0.0903. The molecule has 1 aliphatic rings. The molecule has 154 valence electrons. The summed E-state index contributed by atoms with van der Waals surface area (Å²) in [6, 6.07) is 22.1. The molecule has 0 unspecified atom stereocenters. The molecule has 6 heteroatoms. The fourth-order valence-corrected chi connectivity index (χ4v) is 3.61. The first kappa shape index (κ1) is 20.0. The Morgan fingerprint density at radius 3 is 2.33 bits per heavy atom. The topological polar surface area (TPSA) is 67.4 Å². The van der Waals surface area contributed by atoms with Gasteiger partial charge in [-0.05, 0) is 24.0 Å². The maximum Gasteiger partial charge on any atom is 0.270 e. The highest BCUT2D eigenvalue weighted by Gasteiger charge is 2.22. The molecular weight excluding hydrogens is 376 g/mol. The standard InChI is InChI=1S/C24H26N4O2/c29-24(22-15-23(26-18-25-22)30-17-20-9-5-2-6-10-20)27-21-11-13-28(14-12-21)16-19-7-3-1-4-8-19/h1-10,15,18,21H,11-14,16-17H2,(H,27,29). The summed E-state index contributed by atoms with van der Waals surface area (Å²) in [5.41, 5.74) is 2.70. The number of carbonyl (C=O) groups excluding carboxylic acids is 1. The second-order valence-electron chi connectivity index (χ2n) is 7.53. The van der Waals surface area contributed by atoms with Crippen LogP contribution in [-0.2, 0) is 13.2 Å². The van der Waals surface area contributed by atoms with Crippen LogP contribution in [0.3, 0.4) is 0 Å². The van der Waals surface area contributed by atoms with Crippen LogP contribution in [0.5, 0.6) is 5.88 Å². The van der Waals surface area contributed by atoms with Crippen LogP contribution in [-0.4, -0.2) is 39.9 Å². The minimum absolute atomic E-state index is 0.160. The van der Waals surface area contributed by atoms with Gasteiger partial charge in [0.2, 0.25) is 5.88 Å². The Morgan fingerprint density at radius 2 is 1.63 bits per heavy atom. The van der Waals surface area contributed by atoms with Crippen LogP contribution in [0.25, 0.3) is 0 Å². The van der Waals surface area contributed by atoms with Crippen LogP contribution in [0.1, 0.15) is 34.5 Å². The van der Waals surface area contributed by atoms with E-state index in [9.17, 15) is 4.79 Å². The van der Waals surface area contributed by atoms with Gasteiger partial charge >= 0.3 is 0 Å². The van der Waals surface area contributed by atoms with E-state index in [4.69, 9.17) is 4.74 Å². The van der Waals surface area contributed by atoms with Gasteiger partial charge in [0, 0.05) is 31.7 Å². The number of carbonyl (C=O) groups is 1. The highest BCUT2D eigenvalue weighted by Crippen LogP contribution is 2.15. The zero-order chi connectivity index (χ0) is 20.6. The van der Waals surface area contributed by atoms with Crippen LogP contribution in [0.4, 0.5) is 0 Å². The van der Waals surface area contributed by atoms with E-state index in [-0.39, 0.29) is 11.9 Å². The maximum absolute atomic E-state index is 12.6. The monoisotopic (exact) mass is 402 g/mol. The number of aromatic nitrogens is 2. The maximum atomic E-state index is 12.6. The van der Waals surface area contributed by atoms with Crippen LogP contribution in [0, 0.1) is 0 Å². The molecule has 1 fully saturated rings. The zero-order valence-electron chi connectivity index (χ0n) is 16.9. The van der Waals surface area contributed by atoms with E-state index >= 15 is 0 Å². The number of likely N-dealkylation sites (tertiary alicyclic amines) is 1. The van der Waals surface area contributed by atoms with Crippen molar-refractivity contribution < 1.29 is 9.53 Å². The SMILES string of the molecule is O=C(NC1CCN(Cc2ccccc2)CC1)c1cc(OCc2ccccc2)ncn1. The van der Waals surface area contributed by atoms with Crippen LogP contribution in [0.15, 0.2) is 73.1 Å². The molecule has 0 radical (unpaired) electrons. The van der Waals surface area contributed by atoms with Crippen molar-refractivity contribution >= 4 is 5.91 Å². The number of hydrogen-bond acceptors (Lipinski definition) is 5. The number of hydrogen-bond donors (Lipinski definition) is 1. The van der Waals surface area contributed by atoms with E-state index in [1.807, 2.05) is 36.4 Å². The van der Waals surface area contributed by atoms with Crippen molar-refractivity contribution in [1.29, 1.82) is 0 Å². The minimum atomic E-state index is -0.177. The van der Waals surface area contributed by atoms with Gasteiger partial charge in [-0.3, -0.25) is 9.69 Å². The Labute approximate surface area is 176 Å². The van der Waals surface area contributed by atoms with Crippen LogP contribution >= 0.6 is 0 Å². The van der Waals surface area contributed by atoms with E-state index in [0.29, 0.717) is 18.2 Å². The molecular formula is C24H26N4O2. The number of piperidine rings is 1. The average molecular weight is 402 g/mol. The Kier molecular flexibility index (Phi) is 6.67. The Hall–Kier alpha value is -3.25. The van der Waals surface area contributed by atoms with Gasteiger partial charge in [0.15, 0.2) is 0 Å². The molecule has 0 bridgehead atoms. The highest BCUT2D eigenvalue weighted by molar-refractivity contribution is 5.92. The lowest BCUT2D eigenvalue weighted by atomic mass is 10.0. The second-order valence-corrected chi connectivity index (χ2v) is 7.53. The Morgan fingerprint density at radius 1 is 0.967 bits per heavy atom. The molecule has 30 heavy (non-hydrogen) atoms. The third kappa shape index (κ3) is 5.64. The number of ether oxygens (including phenoxy) is 1. The molecule has 0 aliphatic carbocycles. The third-order valence-electron chi connectivity index (χ3n) is 5.28. The molecule has 0 saturated carbocycles. The fraction of sp³-hybridized carbons (Fsp3) is 0.292. The fourth-order valence-electron chi connectivity index (χ4n) is 3.61. The van der Waals surface area contributed by atoms with Crippen molar-refractivity contribution in [3.05, 3.63) is 89.9 Å². The Balaban J connectivity index is 1.26. The molecule has 0 atom stereocenters.